The molecule has 0 aliphatic heterocycles. The van der Waals surface area contributed by atoms with Gasteiger partial charge in [-0.25, -0.2) is 0 Å². The Balaban J connectivity index is 1.91. The number of carbonyl (C=O) groups excluding carboxylic acids is 1. The minimum Gasteiger partial charge on any atom is -0.341 e. The van der Waals surface area contributed by atoms with Gasteiger partial charge in [0.2, 0.25) is 0 Å². The summed E-state index contributed by atoms with van der Waals surface area (Å²) in [6, 6.07) is 3.38. The van der Waals surface area contributed by atoms with Gasteiger partial charge >= 0.3 is 6.18 Å². The first-order chi connectivity index (χ1) is 10.8. The summed E-state index contributed by atoms with van der Waals surface area (Å²) in [7, 11) is 1.71. The van der Waals surface area contributed by atoms with Gasteiger partial charge in [0.15, 0.2) is 0 Å². The van der Waals surface area contributed by atoms with Crippen LogP contribution >= 0.6 is 22.9 Å². The van der Waals surface area contributed by atoms with E-state index in [1.165, 1.54) is 12.5 Å². The van der Waals surface area contributed by atoms with E-state index in [1.807, 2.05) is 0 Å². The van der Waals surface area contributed by atoms with E-state index in [1.54, 1.807) is 11.9 Å². The highest BCUT2D eigenvalue weighted by molar-refractivity contribution is 7.21. The van der Waals surface area contributed by atoms with Crippen LogP contribution < -0.4 is 0 Å². The number of thiophene rings is 1. The number of hydrogen-bond donors (Lipinski definition) is 0. The molecule has 0 radical (unpaired) electrons. The first kappa shape index (κ1) is 16.6. The number of carbonyl (C=O) groups is 1. The zero-order chi connectivity index (χ0) is 16.8. The smallest absolute Gasteiger partial charge is 0.341 e. The lowest BCUT2D eigenvalue weighted by Crippen LogP contribution is -2.34. The highest BCUT2D eigenvalue weighted by Crippen LogP contribution is 2.39. The zero-order valence-electron chi connectivity index (χ0n) is 12.4. The summed E-state index contributed by atoms with van der Waals surface area (Å²) in [4.78, 5) is 14.4. The van der Waals surface area contributed by atoms with Crippen LogP contribution in [-0.2, 0) is 6.18 Å². The van der Waals surface area contributed by atoms with E-state index >= 15 is 0 Å². The Hall–Kier alpha value is -1.27. The molecule has 1 saturated carbocycles. The Kier molecular flexibility index (Phi) is 4.31. The van der Waals surface area contributed by atoms with Crippen molar-refractivity contribution in [1.29, 1.82) is 0 Å². The molecule has 1 heterocycles. The lowest BCUT2D eigenvalue weighted by molar-refractivity contribution is -0.137. The molecule has 1 aliphatic rings. The van der Waals surface area contributed by atoms with Gasteiger partial charge in [-0.3, -0.25) is 4.79 Å². The molecule has 0 bridgehead atoms. The van der Waals surface area contributed by atoms with Gasteiger partial charge in [0.1, 0.15) is 4.88 Å². The monoisotopic (exact) mass is 361 g/mol. The zero-order valence-corrected chi connectivity index (χ0v) is 14.0. The van der Waals surface area contributed by atoms with Crippen molar-refractivity contribution < 1.29 is 18.0 Å². The van der Waals surface area contributed by atoms with Crippen LogP contribution in [0.3, 0.4) is 0 Å². The Morgan fingerprint density at radius 2 is 2.09 bits per heavy atom. The van der Waals surface area contributed by atoms with Gasteiger partial charge in [0, 0.05) is 23.7 Å². The van der Waals surface area contributed by atoms with Crippen LogP contribution in [0.25, 0.3) is 10.1 Å². The number of halogens is 4. The molecule has 1 aliphatic carbocycles. The van der Waals surface area contributed by atoms with Crippen LogP contribution in [0.5, 0.6) is 0 Å². The number of nitrogens with zero attached hydrogens (tertiary/aromatic N) is 1. The molecule has 124 valence electrons. The molecule has 1 aromatic heterocycles. The summed E-state index contributed by atoms with van der Waals surface area (Å²) < 4.78 is 38.8. The molecule has 23 heavy (non-hydrogen) atoms. The van der Waals surface area contributed by atoms with E-state index in [0.717, 1.165) is 36.3 Å². The van der Waals surface area contributed by atoms with Crippen molar-refractivity contribution in [1.82, 2.24) is 4.90 Å². The topological polar surface area (TPSA) is 20.3 Å². The van der Waals surface area contributed by atoms with Gasteiger partial charge in [-0.05, 0) is 30.9 Å². The van der Waals surface area contributed by atoms with Gasteiger partial charge in [-0.1, -0.05) is 24.1 Å². The molecule has 1 amide bonds. The average molecular weight is 362 g/mol. The molecule has 2 nitrogen and oxygen atoms in total. The van der Waals surface area contributed by atoms with Crippen LogP contribution in [0.4, 0.5) is 13.2 Å². The minimum absolute atomic E-state index is 0.225. The summed E-state index contributed by atoms with van der Waals surface area (Å²) >= 11 is 7.25. The van der Waals surface area contributed by atoms with E-state index < -0.39 is 11.7 Å². The van der Waals surface area contributed by atoms with E-state index in [-0.39, 0.29) is 10.9 Å². The highest BCUT2D eigenvalue weighted by atomic mass is 35.5. The van der Waals surface area contributed by atoms with Crippen molar-refractivity contribution in [3.05, 3.63) is 33.7 Å². The standard InChI is InChI=1S/C16H15ClF3NOS/c1-21(8-9-3-2-4-9)15(22)14-13(17)11-6-5-10(16(18,19)20)7-12(11)23-14/h5-7,9H,2-4,8H2,1H3. The van der Waals surface area contributed by atoms with E-state index in [4.69, 9.17) is 11.6 Å². The summed E-state index contributed by atoms with van der Waals surface area (Å²) in [5, 5.41) is 0.731. The predicted molar refractivity (Wildman–Crippen MR) is 86.1 cm³/mol. The number of rotatable bonds is 3. The lowest BCUT2D eigenvalue weighted by atomic mass is 9.85. The Morgan fingerprint density at radius 3 is 2.65 bits per heavy atom. The molecule has 7 heteroatoms. The maximum atomic E-state index is 12.8. The van der Waals surface area contributed by atoms with Crippen LogP contribution in [0.1, 0.15) is 34.5 Å². The number of hydrogen-bond acceptors (Lipinski definition) is 2. The third-order valence-electron chi connectivity index (χ3n) is 4.25. The SMILES string of the molecule is CN(CC1CCC1)C(=O)c1sc2cc(C(F)(F)F)ccc2c1Cl. The highest BCUT2D eigenvalue weighted by Gasteiger charge is 2.31. The number of alkyl halides is 3. The second-order valence-electron chi connectivity index (χ2n) is 5.94. The fraction of sp³-hybridized carbons (Fsp3) is 0.438. The van der Waals surface area contributed by atoms with Crippen molar-refractivity contribution in [2.75, 3.05) is 13.6 Å². The molecule has 0 unspecified atom stereocenters. The normalized spacial score (nSPS) is 15.7. The summed E-state index contributed by atoms with van der Waals surface area (Å²) in [5.74, 6) is 0.297. The van der Waals surface area contributed by atoms with Gasteiger partial charge in [0.05, 0.1) is 10.6 Å². The second-order valence-corrected chi connectivity index (χ2v) is 7.37. The van der Waals surface area contributed by atoms with Crippen molar-refractivity contribution in [2.24, 2.45) is 5.92 Å². The Bertz CT molecular complexity index is 752. The van der Waals surface area contributed by atoms with Gasteiger partial charge in [0.25, 0.3) is 5.91 Å². The average Bonchev–Trinajstić information content (AvgIpc) is 2.77. The number of benzene rings is 1. The fourth-order valence-corrected chi connectivity index (χ4v) is 4.24. The van der Waals surface area contributed by atoms with E-state index in [0.29, 0.717) is 27.4 Å². The van der Waals surface area contributed by atoms with Crippen molar-refractivity contribution in [3.63, 3.8) is 0 Å². The summed E-state index contributed by atoms with van der Waals surface area (Å²) in [5.41, 5.74) is -0.732. The molecule has 2 aromatic rings. The van der Waals surface area contributed by atoms with Gasteiger partial charge < -0.3 is 4.90 Å². The maximum Gasteiger partial charge on any atom is 0.416 e. The third-order valence-corrected chi connectivity index (χ3v) is 5.90. The maximum absolute atomic E-state index is 12.8. The molecule has 3 rings (SSSR count). The molecule has 0 N–H and O–H groups in total. The second kappa shape index (κ2) is 5.98. The lowest BCUT2D eigenvalue weighted by Gasteiger charge is -2.29. The van der Waals surface area contributed by atoms with Crippen LogP contribution in [0, 0.1) is 5.92 Å². The molecule has 1 aromatic carbocycles. The molecule has 0 saturated heterocycles. The molecule has 0 atom stereocenters. The van der Waals surface area contributed by atoms with Crippen molar-refractivity contribution in [3.8, 4) is 0 Å². The molecule has 1 fully saturated rings. The Morgan fingerprint density at radius 1 is 1.39 bits per heavy atom. The first-order valence-electron chi connectivity index (χ1n) is 7.32. The number of fused-ring (bicyclic) bond motifs is 1. The van der Waals surface area contributed by atoms with Crippen molar-refractivity contribution >= 4 is 38.9 Å². The van der Waals surface area contributed by atoms with Gasteiger partial charge in [-0.15, -0.1) is 11.3 Å². The third kappa shape index (κ3) is 3.19. The quantitative estimate of drug-likeness (QED) is 0.712. The molecular weight excluding hydrogens is 347 g/mol. The largest absolute Gasteiger partial charge is 0.416 e. The van der Waals surface area contributed by atoms with Crippen LogP contribution in [0.15, 0.2) is 18.2 Å². The predicted octanol–water partition coefficient (Wildman–Crippen LogP) is 5.45. The molecular formula is C16H15ClF3NOS. The van der Waals surface area contributed by atoms with E-state index in [9.17, 15) is 18.0 Å². The van der Waals surface area contributed by atoms with Crippen LogP contribution in [-0.4, -0.2) is 24.4 Å². The summed E-state index contributed by atoms with van der Waals surface area (Å²) in [6.45, 7) is 0.664. The van der Waals surface area contributed by atoms with Crippen LogP contribution in [0.2, 0.25) is 5.02 Å². The minimum atomic E-state index is -4.41. The molecule has 0 spiro atoms. The van der Waals surface area contributed by atoms with Gasteiger partial charge in [-0.2, -0.15) is 13.2 Å². The fourth-order valence-electron chi connectivity index (χ4n) is 2.70. The summed E-state index contributed by atoms with van der Waals surface area (Å²) in [6.07, 6.45) is -0.980. The first-order valence-corrected chi connectivity index (χ1v) is 8.51. The number of amides is 1. The Labute approximate surface area is 140 Å². The van der Waals surface area contributed by atoms with Crippen molar-refractivity contribution in [2.45, 2.75) is 25.4 Å². The van der Waals surface area contributed by atoms with E-state index in [2.05, 4.69) is 0 Å².